The number of fused-ring (bicyclic) bond motifs is 1. The molecule has 0 saturated carbocycles. The van der Waals surface area contributed by atoms with Crippen molar-refractivity contribution in [3.63, 3.8) is 0 Å². The summed E-state index contributed by atoms with van der Waals surface area (Å²) in [6.07, 6.45) is 1.90. The second kappa shape index (κ2) is 8.83. The second-order valence-corrected chi connectivity index (χ2v) is 10.3. The van der Waals surface area contributed by atoms with E-state index in [4.69, 9.17) is 5.84 Å². The fourth-order valence-electron chi connectivity index (χ4n) is 3.85. The van der Waals surface area contributed by atoms with Gasteiger partial charge >= 0.3 is 6.03 Å². The van der Waals surface area contributed by atoms with E-state index in [1.807, 2.05) is 41.4 Å². The molecule has 1 aliphatic rings. The minimum Gasteiger partial charge on any atom is -0.351 e. The van der Waals surface area contributed by atoms with Gasteiger partial charge in [0.15, 0.2) is 9.84 Å². The summed E-state index contributed by atoms with van der Waals surface area (Å²) in [6.45, 7) is 0.0451. The van der Waals surface area contributed by atoms with E-state index in [0.29, 0.717) is 5.69 Å². The minimum absolute atomic E-state index is 0.0589. The van der Waals surface area contributed by atoms with E-state index in [0.717, 1.165) is 17.0 Å². The lowest BCUT2D eigenvalue weighted by Crippen LogP contribution is -2.49. The summed E-state index contributed by atoms with van der Waals surface area (Å²) in [5.41, 5.74) is 3.74. The summed E-state index contributed by atoms with van der Waals surface area (Å²) in [4.78, 5) is 28.0. The smallest absolute Gasteiger partial charge is 0.324 e. The SMILES string of the molecule is Cn1ccc2cc(N(Cc3ccc(C(=O)NN)cc3F)C(=O)N3CCS(=O)(=O)CC3)ccc21. The lowest BCUT2D eigenvalue weighted by molar-refractivity contribution is 0.0953. The van der Waals surface area contributed by atoms with E-state index in [9.17, 15) is 22.4 Å². The zero-order valence-electron chi connectivity index (χ0n) is 18.0. The molecule has 0 aliphatic carbocycles. The van der Waals surface area contributed by atoms with Gasteiger partial charge in [0.2, 0.25) is 0 Å². The number of urea groups is 1. The third-order valence-electron chi connectivity index (χ3n) is 5.80. The monoisotopic (exact) mass is 473 g/mol. The van der Waals surface area contributed by atoms with Crippen LogP contribution in [0.4, 0.5) is 14.9 Å². The number of nitrogens with zero attached hydrogens (tertiary/aromatic N) is 3. The van der Waals surface area contributed by atoms with E-state index < -0.39 is 27.6 Å². The maximum absolute atomic E-state index is 14.8. The van der Waals surface area contributed by atoms with Crippen molar-refractivity contribution in [3.8, 4) is 0 Å². The first-order valence-electron chi connectivity index (χ1n) is 10.3. The number of aryl methyl sites for hydroxylation is 1. The van der Waals surface area contributed by atoms with Crippen LogP contribution in [0.1, 0.15) is 15.9 Å². The van der Waals surface area contributed by atoms with Crippen LogP contribution in [0.3, 0.4) is 0 Å². The number of benzene rings is 2. The molecule has 3 N–H and O–H groups in total. The molecule has 9 nitrogen and oxygen atoms in total. The molecule has 2 heterocycles. The van der Waals surface area contributed by atoms with Gasteiger partial charge in [0, 0.05) is 54.1 Å². The van der Waals surface area contributed by atoms with Crippen molar-refractivity contribution >= 4 is 38.4 Å². The lowest BCUT2D eigenvalue weighted by Gasteiger charge is -2.33. The number of hydrogen-bond acceptors (Lipinski definition) is 5. The van der Waals surface area contributed by atoms with Crippen LogP contribution < -0.4 is 16.2 Å². The number of nitrogens with one attached hydrogen (secondary N) is 1. The van der Waals surface area contributed by atoms with Crippen LogP contribution in [0.25, 0.3) is 10.9 Å². The molecule has 174 valence electrons. The molecule has 0 bridgehead atoms. The maximum atomic E-state index is 14.8. The number of carbonyl (C=O) groups is 2. The Morgan fingerprint density at radius 1 is 1.12 bits per heavy atom. The zero-order valence-corrected chi connectivity index (χ0v) is 18.8. The van der Waals surface area contributed by atoms with E-state index in [2.05, 4.69) is 0 Å². The first-order valence-corrected chi connectivity index (χ1v) is 12.1. The highest BCUT2D eigenvalue weighted by Gasteiger charge is 2.29. The van der Waals surface area contributed by atoms with Crippen LogP contribution in [0, 0.1) is 5.82 Å². The molecular weight excluding hydrogens is 449 g/mol. The summed E-state index contributed by atoms with van der Waals surface area (Å²) >= 11 is 0. The van der Waals surface area contributed by atoms with Crippen LogP contribution in [-0.2, 0) is 23.4 Å². The normalized spacial score (nSPS) is 15.4. The average Bonchev–Trinajstić information content (AvgIpc) is 3.17. The largest absolute Gasteiger partial charge is 0.351 e. The van der Waals surface area contributed by atoms with E-state index in [-0.39, 0.29) is 42.3 Å². The van der Waals surface area contributed by atoms with Gasteiger partial charge in [-0.25, -0.2) is 23.4 Å². The molecule has 0 spiro atoms. The number of nitrogens with two attached hydrogens (primary N) is 1. The molecule has 4 rings (SSSR count). The Hall–Kier alpha value is -3.44. The molecule has 1 saturated heterocycles. The van der Waals surface area contributed by atoms with Crippen molar-refractivity contribution in [1.29, 1.82) is 0 Å². The van der Waals surface area contributed by atoms with Gasteiger partial charge in [-0.2, -0.15) is 0 Å². The van der Waals surface area contributed by atoms with Gasteiger partial charge < -0.3 is 9.47 Å². The number of sulfone groups is 1. The molecule has 2 aromatic carbocycles. The lowest BCUT2D eigenvalue weighted by atomic mass is 10.1. The Morgan fingerprint density at radius 3 is 2.52 bits per heavy atom. The molecular formula is C22H24FN5O4S. The highest BCUT2D eigenvalue weighted by atomic mass is 32.2. The Bertz CT molecular complexity index is 1320. The predicted octanol–water partition coefficient (Wildman–Crippen LogP) is 1.78. The first-order chi connectivity index (χ1) is 15.7. The highest BCUT2D eigenvalue weighted by Crippen LogP contribution is 2.26. The van der Waals surface area contributed by atoms with Crippen molar-refractivity contribution in [1.82, 2.24) is 14.9 Å². The molecule has 0 unspecified atom stereocenters. The number of amides is 3. The zero-order chi connectivity index (χ0) is 23.8. The Morgan fingerprint density at radius 2 is 1.85 bits per heavy atom. The fourth-order valence-corrected chi connectivity index (χ4v) is 5.05. The average molecular weight is 474 g/mol. The van der Waals surface area contributed by atoms with Gasteiger partial charge in [-0.05, 0) is 36.4 Å². The van der Waals surface area contributed by atoms with Crippen LogP contribution in [0.2, 0.25) is 0 Å². The minimum atomic E-state index is -3.17. The number of aromatic nitrogens is 1. The summed E-state index contributed by atoms with van der Waals surface area (Å²) < 4.78 is 40.4. The number of rotatable bonds is 4. The highest BCUT2D eigenvalue weighted by molar-refractivity contribution is 7.91. The first kappa shape index (κ1) is 22.7. The van der Waals surface area contributed by atoms with Crippen molar-refractivity contribution in [2.45, 2.75) is 6.54 Å². The van der Waals surface area contributed by atoms with E-state index >= 15 is 0 Å². The molecule has 3 amide bonds. The second-order valence-electron chi connectivity index (χ2n) is 7.96. The summed E-state index contributed by atoms with van der Waals surface area (Å²) in [6, 6.07) is 10.9. The maximum Gasteiger partial charge on any atom is 0.324 e. The number of hydrazine groups is 1. The standard InChI is InChI=1S/C22H24FN5O4S/c1-26-7-6-15-12-18(4-5-20(15)26)28(22(30)27-8-10-33(31,32)11-9-27)14-17-3-2-16(13-19(17)23)21(29)25-24/h2-7,12-13H,8-11,14,24H2,1H3,(H,25,29). The third-order valence-corrected chi connectivity index (χ3v) is 7.41. The van der Waals surface area contributed by atoms with Crippen LogP contribution in [0.5, 0.6) is 0 Å². The van der Waals surface area contributed by atoms with Crippen LogP contribution in [0.15, 0.2) is 48.7 Å². The molecule has 11 heteroatoms. The number of nitrogen functional groups attached to an aromatic ring is 1. The molecule has 1 fully saturated rings. The van der Waals surface area contributed by atoms with Crippen molar-refractivity contribution in [2.24, 2.45) is 12.9 Å². The number of carbonyl (C=O) groups excluding carboxylic acids is 2. The van der Waals surface area contributed by atoms with Crippen molar-refractivity contribution in [3.05, 3.63) is 65.6 Å². The third kappa shape index (κ3) is 4.69. The van der Waals surface area contributed by atoms with Gasteiger partial charge in [-0.15, -0.1) is 0 Å². The van der Waals surface area contributed by atoms with Gasteiger partial charge in [0.05, 0.1) is 18.1 Å². The Balaban J connectivity index is 1.69. The topological polar surface area (TPSA) is 118 Å². The van der Waals surface area contributed by atoms with Crippen molar-refractivity contribution in [2.75, 3.05) is 29.5 Å². The molecule has 0 radical (unpaired) electrons. The van der Waals surface area contributed by atoms with Gasteiger partial charge in [-0.1, -0.05) is 6.07 Å². The van der Waals surface area contributed by atoms with Gasteiger partial charge in [0.25, 0.3) is 5.91 Å². The number of hydrogen-bond donors (Lipinski definition) is 2. The van der Waals surface area contributed by atoms with E-state index in [1.165, 1.54) is 21.9 Å². The molecule has 1 aromatic heterocycles. The Labute approximate surface area is 190 Å². The molecule has 1 aliphatic heterocycles. The number of halogens is 1. The molecule has 33 heavy (non-hydrogen) atoms. The molecule has 3 aromatic rings. The van der Waals surface area contributed by atoms with Gasteiger partial charge in [0.1, 0.15) is 5.82 Å². The summed E-state index contributed by atoms with van der Waals surface area (Å²) in [5, 5.41) is 0.907. The Kier molecular flexibility index (Phi) is 6.09. The summed E-state index contributed by atoms with van der Waals surface area (Å²) in [5.74, 6) is 3.61. The van der Waals surface area contributed by atoms with Gasteiger partial charge in [-0.3, -0.25) is 15.1 Å². The van der Waals surface area contributed by atoms with E-state index in [1.54, 1.807) is 6.07 Å². The molecule has 0 atom stereocenters. The van der Waals surface area contributed by atoms with Crippen molar-refractivity contribution < 1.29 is 22.4 Å². The fraction of sp³-hybridized carbons (Fsp3) is 0.273. The van der Waals surface area contributed by atoms with Crippen LogP contribution >= 0.6 is 0 Å². The van der Waals surface area contributed by atoms with Crippen LogP contribution in [-0.4, -0.2) is 54.4 Å². The number of anilines is 1. The predicted molar refractivity (Wildman–Crippen MR) is 123 cm³/mol. The quantitative estimate of drug-likeness (QED) is 0.340. The summed E-state index contributed by atoms with van der Waals surface area (Å²) in [7, 11) is -1.26.